The number of carbonyl (C=O) groups excluding carboxylic acids is 1. The maximum Gasteiger partial charge on any atom is 0.271 e. The third-order valence-electron chi connectivity index (χ3n) is 4.43. The fraction of sp³-hybridized carbons (Fsp3) is 0.0435. The molecule has 1 N–H and O–H groups in total. The van der Waals surface area contributed by atoms with E-state index in [1.54, 1.807) is 55.6 Å². The lowest BCUT2D eigenvalue weighted by atomic mass is 10.1. The topological polar surface area (TPSA) is 89.6 Å². The van der Waals surface area contributed by atoms with Gasteiger partial charge in [-0.3, -0.25) is 4.79 Å². The number of methoxy groups -OCH3 is 1. The van der Waals surface area contributed by atoms with Gasteiger partial charge in [-0.2, -0.15) is 5.10 Å². The van der Waals surface area contributed by atoms with E-state index in [0.717, 1.165) is 0 Å². The van der Waals surface area contributed by atoms with Gasteiger partial charge in [0, 0.05) is 16.7 Å². The number of rotatable bonds is 6. The molecule has 0 bridgehead atoms. The first kappa shape index (κ1) is 20.0. The average Bonchev–Trinajstić information content (AvgIpc) is 3.30. The second-order valence-corrected chi connectivity index (χ2v) is 6.41. The third kappa shape index (κ3) is 4.48. The molecular formula is C23H17FN4O3. The van der Waals surface area contributed by atoms with Crippen molar-refractivity contribution in [2.45, 2.75) is 0 Å². The standard InChI is InChI=1S/C23H17FN4O3/c1-30-20-9-5-3-7-18(20)23-28-27-22(31-23)16-12-10-15(11-13-16)21(29)26-25-14-17-6-2-4-8-19(17)24/h2-14H,1H3,(H,26,29)/b25-14+. The highest BCUT2D eigenvalue weighted by atomic mass is 19.1. The van der Waals surface area contributed by atoms with E-state index in [0.29, 0.717) is 34.2 Å². The van der Waals surface area contributed by atoms with Crippen LogP contribution in [0.5, 0.6) is 5.75 Å². The molecule has 4 aromatic rings. The molecule has 0 aliphatic carbocycles. The maximum atomic E-state index is 13.6. The van der Waals surface area contributed by atoms with Crippen LogP contribution in [0.1, 0.15) is 15.9 Å². The van der Waals surface area contributed by atoms with Crippen LogP contribution in [0.15, 0.2) is 82.3 Å². The summed E-state index contributed by atoms with van der Waals surface area (Å²) in [5.74, 6) is 0.416. The van der Waals surface area contributed by atoms with Crippen LogP contribution < -0.4 is 10.2 Å². The van der Waals surface area contributed by atoms with Crippen LogP contribution in [0.25, 0.3) is 22.9 Å². The minimum atomic E-state index is -0.431. The Hall–Kier alpha value is -4.33. The fourth-order valence-corrected chi connectivity index (χ4v) is 2.84. The number of carbonyl (C=O) groups is 1. The second-order valence-electron chi connectivity index (χ2n) is 6.41. The van der Waals surface area contributed by atoms with E-state index in [-0.39, 0.29) is 5.56 Å². The highest BCUT2D eigenvalue weighted by Crippen LogP contribution is 2.30. The number of ether oxygens (including phenoxy) is 1. The molecule has 1 aromatic heterocycles. The summed E-state index contributed by atoms with van der Waals surface area (Å²) in [4.78, 5) is 12.2. The molecule has 0 unspecified atom stereocenters. The van der Waals surface area contributed by atoms with Crippen molar-refractivity contribution in [1.29, 1.82) is 0 Å². The number of amides is 1. The Morgan fingerprint density at radius 3 is 2.48 bits per heavy atom. The number of hydrogen-bond acceptors (Lipinski definition) is 6. The Morgan fingerprint density at radius 2 is 1.71 bits per heavy atom. The summed E-state index contributed by atoms with van der Waals surface area (Å²) in [6, 6.07) is 20.1. The van der Waals surface area contributed by atoms with Crippen molar-refractivity contribution in [3.8, 4) is 28.7 Å². The van der Waals surface area contributed by atoms with Crippen LogP contribution in [0.4, 0.5) is 4.39 Å². The summed E-state index contributed by atoms with van der Waals surface area (Å²) in [5, 5.41) is 11.9. The molecule has 0 aliphatic heterocycles. The normalized spacial score (nSPS) is 10.9. The summed E-state index contributed by atoms with van der Waals surface area (Å²) in [7, 11) is 1.57. The molecule has 0 saturated carbocycles. The Morgan fingerprint density at radius 1 is 1.00 bits per heavy atom. The van der Waals surface area contributed by atoms with Crippen molar-refractivity contribution in [2.24, 2.45) is 5.10 Å². The third-order valence-corrected chi connectivity index (χ3v) is 4.43. The van der Waals surface area contributed by atoms with E-state index in [2.05, 4.69) is 20.7 Å². The van der Waals surface area contributed by atoms with Crippen molar-refractivity contribution in [3.05, 3.63) is 89.7 Å². The Balaban J connectivity index is 1.45. The van der Waals surface area contributed by atoms with E-state index in [1.807, 2.05) is 18.2 Å². The molecule has 4 rings (SSSR count). The molecule has 0 saturated heterocycles. The van der Waals surface area contributed by atoms with Gasteiger partial charge in [0.15, 0.2) is 0 Å². The molecule has 7 nitrogen and oxygen atoms in total. The highest BCUT2D eigenvalue weighted by molar-refractivity contribution is 5.95. The number of hydrogen-bond donors (Lipinski definition) is 1. The van der Waals surface area contributed by atoms with Gasteiger partial charge in [0.25, 0.3) is 11.8 Å². The predicted octanol–water partition coefficient (Wildman–Crippen LogP) is 4.32. The summed E-state index contributed by atoms with van der Waals surface area (Å²) < 4.78 is 24.6. The second kappa shape index (κ2) is 9.00. The molecule has 0 radical (unpaired) electrons. The molecule has 0 spiro atoms. The molecule has 31 heavy (non-hydrogen) atoms. The maximum absolute atomic E-state index is 13.6. The SMILES string of the molecule is COc1ccccc1-c1nnc(-c2ccc(C(=O)N/N=C/c3ccccc3F)cc2)o1. The van der Waals surface area contributed by atoms with Gasteiger partial charge in [-0.15, -0.1) is 10.2 Å². The molecule has 3 aromatic carbocycles. The highest BCUT2D eigenvalue weighted by Gasteiger charge is 2.14. The van der Waals surface area contributed by atoms with E-state index >= 15 is 0 Å². The fourth-order valence-electron chi connectivity index (χ4n) is 2.84. The van der Waals surface area contributed by atoms with Crippen molar-refractivity contribution in [2.75, 3.05) is 7.11 Å². The minimum Gasteiger partial charge on any atom is -0.496 e. The molecule has 8 heteroatoms. The van der Waals surface area contributed by atoms with Crippen LogP contribution in [-0.4, -0.2) is 29.4 Å². The lowest BCUT2D eigenvalue weighted by molar-refractivity contribution is 0.0955. The number of nitrogens with one attached hydrogen (secondary N) is 1. The first-order valence-electron chi connectivity index (χ1n) is 9.31. The van der Waals surface area contributed by atoms with Gasteiger partial charge in [-0.1, -0.05) is 30.3 Å². The zero-order chi connectivity index (χ0) is 21.6. The largest absolute Gasteiger partial charge is 0.496 e. The lowest BCUT2D eigenvalue weighted by Gasteiger charge is -2.03. The quantitative estimate of drug-likeness (QED) is 0.374. The van der Waals surface area contributed by atoms with Crippen molar-refractivity contribution < 1.29 is 18.3 Å². The smallest absolute Gasteiger partial charge is 0.271 e. The first-order chi connectivity index (χ1) is 15.2. The first-order valence-corrected chi connectivity index (χ1v) is 9.31. The Labute approximate surface area is 177 Å². The Kier molecular flexibility index (Phi) is 5.79. The summed E-state index contributed by atoms with van der Waals surface area (Å²) in [6.07, 6.45) is 1.25. The molecule has 0 aliphatic rings. The summed E-state index contributed by atoms with van der Waals surface area (Å²) >= 11 is 0. The van der Waals surface area contributed by atoms with Crippen molar-refractivity contribution >= 4 is 12.1 Å². The van der Waals surface area contributed by atoms with Gasteiger partial charge in [-0.05, 0) is 42.5 Å². The van der Waals surface area contributed by atoms with Gasteiger partial charge in [0.2, 0.25) is 5.89 Å². The number of benzene rings is 3. The van der Waals surface area contributed by atoms with Crippen LogP contribution in [0, 0.1) is 5.82 Å². The molecule has 0 atom stereocenters. The van der Waals surface area contributed by atoms with Crippen molar-refractivity contribution in [3.63, 3.8) is 0 Å². The number of halogens is 1. The van der Waals surface area contributed by atoms with Gasteiger partial charge in [0.1, 0.15) is 11.6 Å². The minimum absolute atomic E-state index is 0.278. The zero-order valence-corrected chi connectivity index (χ0v) is 16.4. The number of hydrazone groups is 1. The Bertz CT molecular complexity index is 1240. The zero-order valence-electron chi connectivity index (χ0n) is 16.4. The molecule has 0 fully saturated rings. The van der Waals surface area contributed by atoms with E-state index in [4.69, 9.17) is 9.15 Å². The van der Waals surface area contributed by atoms with Gasteiger partial charge in [0.05, 0.1) is 18.9 Å². The van der Waals surface area contributed by atoms with Gasteiger partial charge >= 0.3 is 0 Å². The molecular weight excluding hydrogens is 399 g/mol. The van der Waals surface area contributed by atoms with E-state index < -0.39 is 11.7 Å². The predicted molar refractivity (Wildman–Crippen MR) is 113 cm³/mol. The van der Waals surface area contributed by atoms with Crippen LogP contribution in [0.2, 0.25) is 0 Å². The van der Waals surface area contributed by atoms with Crippen LogP contribution in [0.3, 0.4) is 0 Å². The van der Waals surface area contributed by atoms with Gasteiger partial charge in [-0.25, -0.2) is 9.82 Å². The lowest BCUT2D eigenvalue weighted by Crippen LogP contribution is -2.17. The monoisotopic (exact) mass is 416 g/mol. The number of nitrogens with zero attached hydrogens (tertiary/aromatic N) is 3. The molecule has 154 valence electrons. The number of para-hydroxylation sites is 1. The average molecular weight is 416 g/mol. The molecule has 1 heterocycles. The van der Waals surface area contributed by atoms with Crippen LogP contribution in [-0.2, 0) is 0 Å². The van der Waals surface area contributed by atoms with Gasteiger partial charge < -0.3 is 9.15 Å². The molecule has 1 amide bonds. The van der Waals surface area contributed by atoms with E-state index in [1.165, 1.54) is 12.3 Å². The van der Waals surface area contributed by atoms with E-state index in [9.17, 15) is 9.18 Å². The van der Waals surface area contributed by atoms with Crippen LogP contribution >= 0.6 is 0 Å². The van der Waals surface area contributed by atoms with Crippen molar-refractivity contribution in [1.82, 2.24) is 15.6 Å². The summed E-state index contributed by atoms with van der Waals surface area (Å²) in [6.45, 7) is 0. The summed E-state index contributed by atoms with van der Waals surface area (Å²) in [5.41, 5.74) is 4.36. The number of aromatic nitrogens is 2.